The van der Waals surface area contributed by atoms with Crippen molar-refractivity contribution in [3.8, 4) is 33.3 Å². The molecule has 0 saturated heterocycles. The molecule has 25 heavy (non-hydrogen) atoms. The molecular weight excluding hydrogens is 400 g/mol. The van der Waals surface area contributed by atoms with E-state index in [2.05, 4.69) is 23.4 Å². The largest absolute Gasteiger partial charge is 0.493 e. The van der Waals surface area contributed by atoms with Gasteiger partial charge in [0.2, 0.25) is 0 Å². The van der Waals surface area contributed by atoms with Gasteiger partial charge in [0.1, 0.15) is 5.01 Å². The van der Waals surface area contributed by atoms with E-state index in [4.69, 9.17) is 14.5 Å². The SMILES string of the molecule is Br.CCCc1cc(-c2nc(-c3ccc(OC)c(OC)c3)cs2)ccn1. The molecule has 0 aliphatic carbocycles. The van der Waals surface area contributed by atoms with E-state index in [1.807, 2.05) is 30.5 Å². The Hall–Kier alpha value is -1.92. The number of hydrogen-bond acceptors (Lipinski definition) is 5. The molecule has 132 valence electrons. The summed E-state index contributed by atoms with van der Waals surface area (Å²) in [5, 5.41) is 3.07. The lowest BCUT2D eigenvalue weighted by atomic mass is 10.1. The van der Waals surface area contributed by atoms with Gasteiger partial charge >= 0.3 is 0 Å². The predicted molar refractivity (Wildman–Crippen MR) is 108 cm³/mol. The standard InChI is InChI=1S/C19H20N2O2S.BrH/c1-4-5-15-10-14(8-9-20-15)19-21-16(12-24-19)13-6-7-17(22-2)18(11-13)23-3;/h6-12H,4-5H2,1-3H3;1H. The fraction of sp³-hybridized carbons (Fsp3) is 0.263. The van der Waals surface area contributed by atoms with Crippen LogP contribution in [0.1, 0.15) is 19.0 Å². The molecule has 2 heterocycles. The molecule has 0 bridgehead atoms. The third kappa shape index (κ3) is 4.38. The van der Waals surface area contributed by atoms with Crippen molar-refractivity contribution >= 4 is 28.3 Å². The van der Waals surface area contributed by atoms with E-state index < -0.39 is 0 Å². The van der Waals surface area contributed by atoms with Crippen LogP contribution in [0.5, 0.6) is 11.5 Å². The second-order valence-electron chi connectivity index (χ2n) is 5.39. The van der Waals surface area contributed by atoms with E-state index in [-0.39, 0.29) is 17.0 Å². The monoisotopic (exact) mass is 420 g/mol. The van der Waals surface area contributed by atoms with Gasteiger partial charge in [0.25, 0.3) is 0 Å². The normalized spacial score (nSPS) is 10.2. The van der Waals surface area contributed by atoms with E-state index in [1.54, 1.807) is 25.6 Å². The van der Waals surface area contributed by atoms with Gasteiger partial charge in [0.05, 0.1) is 19.9 Å². The molecule has 0 fully saturated rings. The second-order valence-corrected chi connectivity index (χ2v) is 6.25. The van der Waals surface area contributed by atoms with Crippen LogP contribution in [0.3, 0.4) is 0 Å². The number of pyridine rings is 1. The number of benzene rings is 1. The number of halogens is 1. The first kappa shape index (κ1) is 19.4. The molecule has 0 aliphatic rings. The number of nitrogens with zero attached hydrogens (tertiary/aromatic N) is 2. The lowest BCUT2D eigenvalue weighted by Gasteiger charge is -2.08. The minimum Gasteiger partial charge on any atom is -0.493 e. The van der Waals surface area contributed by atoms with Gasteiger partial charge < -0.3 is 9.47 Å². The number of aryl methyl sites for hydroxylation is 1. The number of ether oxygens (including phenoxy) is 2. The molecule has 3 rings (SSSR count). The van der Waals surface area contributed by atoms with Gasteiger partial charge in [-0.05, 0) is 36.8 Å². The highest BCUT2D eigenvalue weighted by molar-refractivity contribution is 8.93. The van der Waals surface area contributed by atoms with Crippen molar-refractivity contribution < 1.29 is 9.47 Å². The van der Waals surface area contributed by atoms with E-state index in [9.17, 15) is 0 Å². The Morgan fingerprint density at radius 3 is 2.52 bits per heavy atom. The zero-order valence-corrected chi connectivity index (χ0v) is 17.0. The van der Waals surface area contributed by atoms with Crippen LogP contribution in [-0.4, -0.2) is 24.2 Å². The molecular formula is C19H21BrN2O2S. The van der Waals surface area contributed by atoms with Crippen LogP contribution >= 0.6 is 28.3 Å². The summed E-state index contributed by atoms with van der Waals surface area (Å²) in [5.41, 5.74) is 4.17. The van der Waals surface area contributed by atoms with Crippen molar-refractivity contribution in [2.75, 3.05) is 14.2 Å². The molecule has 0 atom stereocenters. The molecule has 2 aromatic heterocycles. The smallest absolute Gasteiger partial charge is 0.161 e. The van der Waals surface area contributed by atoms with Gasteiger partial charge in [0, 0.05) is 28.4 Å². The van der Waals surface area contributed by atoms with Gasteiger partial charge in [-0.3, -0.25) is 4.98 Å². The van der Waals surface area contributed by atoms with E-state index in [0.717, 1.165) is 46.1 Å². The minimum atomic E-state index is 0. The maximum atomic E-state index is 5.37. The van der Waals surface area contributed by atoms with Crippen LogP contribution in [0.4, 0.5) is 0 Å². The van der Waals surface area contributed by atoms with Crippen LogP contribution in [0.25, 0.3) is 21.8 Å². The number of thiazole rings is 1. The maximum absolute atomic E-state index is 5.37. The second kappa shape index (κ2) is 8.97. The van der Waals surface area contributed by atoms with Crippen molar-refractivity contribution in [1.82, 2.24) is 9.97 Å². The summed E-state index contributed by atoms with van der Waals surface area (Å²) in [7, 11) is 3.27. The van der Waals surface area contributed by atoms with Gasteiger partial charge in [-0.25, -0.2) is 4.98 Å². The molecule has 0 aliphatic heterocycles. The quantitative estimate of drug-likeness (QED) is 0.533. The minimum absolute atomic E-state index is 0. The fourth-order valence-electron chi connectivity index (χ4n) is 2.54. The highest BCUT2D eigenvalue weighted by atomic mass is 79.9. The number of rotatable bonds is 6. The summed E-state index contributed by atoms with van der Waals surface area (Å²) in [4.78, 5) is 9.19. The maximum Gasteiger partial charge on any atom is 0.161 e. The average molecular weight is 421 g/mol. The van der Waals surface area contributed by atoms with E-state index in [1.165, 1.54) is 0 Å². The summed E-state index contributed by atoms with van der Waals surface area (Å²) < 4.78 is 10.7. The van der Waals surface area contributed by atoms with Gasteiger partial charge in [0.15, 0.2) is 11.5 Å². The van der Waals surface area contributed by atoms with Crippen molar-refractivity contribution in [2.45, 2.75) is 19.8 Å². The molecule has 0 saturated carbocycles. The van der Waals surface area contributed by atoms with Gasteiger partial charge in [-0.2, -0.15) is 0 Å². The molecule has 3 aromatic rings. The summed E-state index contributed by atoms with van der Waals surface area (Å²) in [6.07, 6.45) is 3.94. The molecule has 0 N–H and O–H groups in total. The lowest BCUT2D eigenvalue weighted by molar-refractivity contribution is 0.355. The van der Waals surface area contributed by atoms with Gasteiger partial charge in [-0.1, -0.05) is 13.3 Å². The summed E-state index contributed by atoms with van der Waals surface area (Å²) in [6.45, 7) is 2.16. The van der Waals surface area contributed by atoms with Crippen LogP contribution < -0.4 is 9.47 Å². The number of aromatic nitrogens is 2. The lowest BCUT2D eigenvalue weighted by Crippen LogP contribution is -1.91. The van der Waals surface area contributed by atoms with E-state index in [0.29, 0.717) is 5.75 Å². The fourth-order valence-corrected chi connectivity index (χ4v) is 3.36. The average Bonchev–Trinajstić information content (AvgIpc) is 3.12. The zero-order chi connectivity index (χ0) is 16.9. The summed E-state index contributed by atoms with van der Waals surface area (Å²) in [6, 6.07) is 9.98. The highest BCUT2D eigenvalue weighted by Crippen LogP contribution is 2.34. The van der Waals surface area contributed by atoms with Crippen molar-refractivity contribution in [3.05, 3.63) is 47.6 Å². The first-order chi connectivity index (χ1) is 11.7. The molecule has 0 spiro atoms. The van der Waals surface area contributed by atoms with Crippen LogP contribution in [-0.2, 0) is 6.42 Å². The summed E-state index contributed by atoms with van der Waals surface area (Å²) >= 11 is 1.64. The Morgan fingerprint density at radius 2 is 1.80 bits per heavy atom. The van der Waals surface area contributed by atoms with Crippen LogP contribution in [0.2, 0.25) is 0 Å². The molecule has 0 unspecified atom stereocenters. The zero-order valence-electron chi connectivity index (χ0n) is 14.5. The highest BCUT2D eigenvalue weighted by Gasteiger charge is 2.11. The van der Waals surface area contributed by atoms with E-state index >= 15 is 0 Å². The number of hydrogen-bond donors (Lipinski definition) is 0. The molecule has 6 heteroatoms. The van der Waals surface area contributed by atoms with Gasteiger partial charge in [-0.15, -0.1) is 28.3 Å². The Morgan fingerprint density at radius 1 is 1.00 bits per heavy atom. The summed E-state index contributed by atoms with van der Waals surface area (Å²) in [5.74, 6) is 1.42. The molecule has 0 amide bonds. The van der Waals surface area contributed by atoms with Crippen molar-refractivity contribution in [1.29, 1.82) is 0 Å². The van der Waals surface area contributed by atoms with Crippen molar-refractivity contribution in [3.63, 3.8) is 0 Å². The molecule has 4 nitrogen and oxygen atoms in total. The predicted octanol–water partition coefficient (Wildman–Crippen LogP) is 5.42. The van der Waals surface area contributed by atoms with Crippen LogP contribution in [0.15, 0.2) is 41.9 Å². The Balaban J connectivity index is 0.00000225. The number of methoxy groups -OCH3 is 2. The molecule has 0 radical (unpaired) electrons. The van der Waals surface area contributed by atoms with Crippen LogP contribution in [0, 0.1) is 0 Å². The third-order valence-electron chi connectivity index (χ3n) is 3.75. The Labute approximate surface area is 162 Å². The van der Waals surface area contributed by atoms with Crippen molar-refractivity contribution in [2.24, 2.45) is 0 Å². The topological polar surface area (TPSA) is 44.2 Å². The first-order valence-electron chi connectivity index (χ1n) is 7.88. The molecule has 1 aromatic carbocycles. The third-order valence-corrected chi connectivity index (χ3v) is 4.64. The Bertz CT molecular complexity index is 836. The first-order valence-corrected chi connectivity index (χ1v) is 8.76. The Kier molecular flexibility index (Phi) is 6.96.